The Hall–Kier alpha value is -0.420. The van der Waals surface area contributed by atoms with Crippen molar-refractivity contribution < 1.29 is 0 Å². The lowest BCUT2D eigenvalue weighted by Crippen LogP contribution is -2.40. The molecule has 4 heteroatoms. The fraction of sp³-hybridized carbons (Fsp3) is 0.875. The molecular weight excluding hydrogens is 248 g/mol. The van der Waals surface area contributed by atoms with E-state index in [-0.39, 0.29) is 0 Å². The van der Waals surface area contributed by atoms with Crippen molar-refractivity contribution in [2.24, 2.45) is 0 Å². The van der Waals surface area contributed by atoms with Crippen molar-refractivity contribution in [1.29, 1.82) is 0 Å². The fourth-order valence-corrected chi connectivity index (χ4v) is 3.01. The average molecular weight is 280 g/mol. The van der Waals surface area contributed by atoms with Gasteiger partial charge in [0.05, 0.1) is 0 Å². The minimum atomic E-state index is 1.12. The maximum atomic E-state index is 2.61. The first kappa shape index (κ1) is 16.0. The molecule has 0 saturated carbocycles. The standard InChI is InChI=1S/C16H32N4/c1-17-7-5-11-20-10-4-3-9-19(15-13-17)12-6-8-18(2)14-16-20/h3-4H,5-16H2,1-2H3/b4-3+. The largest absolute Gasteiger partial charge is 0.305 e. The van der Waals surface area contributed by atoms with E-state index in [1.165, 1.54) is 65.2 Å². The second-order valence-electron chi connectivity index (χ2n) is 6.39. The van der Waals surface area contributed by atoms with Crippen molar-refractivity contribution in [1.82, 2.24) is 19.6 Å². The molecule has 0 fully saturated rings. The van der Waals surface area contributed by atoms with Gasteiger partial charge >= 0.3 is 0 Å². The van der Waals surface area contributed by atoms with E-state index < -0.39 is 0 Å². The van der Waals surface area contributed by atoms with Crippen LogP contribution in [-0.4, -0.2) is 99.1 Å². The molecule has 2 heterocycles. The highest BCUT2D eigenvalue weighted by molar-refractivity contribution is 4.89. The lowest BCUT2D eigenvalue weighted by molar-refractivity contribution is 0.188. The number of fused-ring (bicyclic) bond motifs is 4. The van der Waals surface area contributed by atoms with Gasteiger partial charge < -0.3 is 9.80 Å². The molecule has 0 aromatic rings. The first-order valence-electron chi connectivity index (χ1n) is 8.21. The zero-order chi connectivity index (χ0) is 14.2. The van der Waals surface area contributed by atoms with Gasteiger partial charge in [-0.25, -0.2) is 0 Å². The molecule has 2 unspecified atom stereocenters. The van der Waals surface area contributed by atoms with Crippen LogP contribution in [0.25, 0.3) is 0 Å². The Kier molecular flexibility index (Phi) is 7.00. The summed E-state index contributed by atoms with van der Waals surface area (Å²) in [6.45, 7) is 11.9. The van der Waals surface area contributed by atoms with E-state index in [4.69, 9.17) is 0 Å². The first-order chi connectivity index (χ1) is 9.74. The molecule has 2 atom stereocenters. The summed E-state index contributed by atoms with van der Waals surface area (Å²) in [6.07, 6.45) is 7.32. The van der Waals surface area contributed by atoms with Gasteiger partial charge in [-0.05, 0) is 53.1 Å². The van der Waals surface area contributed by atoms with Crippen LogP contribution in [0.3, 0.4) is 0 Å². The SMILES string of the molecule is CN1CCCN2C/C=C/CN(CCCN(C)CC2)CC1. The highest BCUT2D eigenvalue weighted by Crippen LogP contribution is 2.02. The normalized spacial score (nSPS) is 34.1. The Balaban J connectivity index is 2.03. The number of hydrogen-bond donors (Lipinski definition) is 0. The molecule has 0 aliphatic carbocycles. The minimum Gasteiger partial charge on any atom is -0.305 e. The van der Waals surface area contributed by atoms with Gasteiger partial charge in [0.15, 0.2) is 0 Å². The van der Waals surface area contributed by atoms with Crippen LogP contribution in [0.5, 0.6) is 0 Å². The van der Waals surface area contributed by atoms with Gasteiger partial charge in [0.1, 0.15) is 0 Å². The summed E-state index contributed by atoms with van der Waals surface area (Å²) in [5.74, 6) is 0. The molecule has 20 heavy (non-hydrogen) atoms. The van der Waals surface area contributed by atoms with Gasteiger partial charge in [-0.3, -0.25) is 9.80 Å². The van der Waals surface area contributed by atoms with Crippen LogP contribution in [-0.2, 0) is 0 Å². The second kappa shape index (κ2) is 8.78. The lowest BCUT2D eigenvalue weighted by atomic mass is 10.2. The van der Waals surface area contributed by atoms with Gasteiger partial charge in [0.2, 0.25) is 0 Å². The van der Waals surface area contributed by atoms with E-state index in [2.05, 4.69) is 45.8 Å². The Morgan fingerprint density at radius 1 is 0.550 bits per heavy atom. The molecule has 0 amide bonds. The van der Waals surface area contributed by atoms with Gasteiger partial charge in [-0.15, -0.1) is 0 Å². The Morgan fingerprint density at radius 3 is 1.45 bits per heavy atom. The quantitative estimate of drug-likeness (QED) is 0.609. The third-order valence-corrected chi connectivity index (χ3v) is 4.52. The van der Waals surface area contributed by atoms with Crippen molar-refractivity contribution in [2.45, 2.75) is 12.8 Å². The molecule has 0 radical (unpaired) electrons. The topological polar surface area (TPSA) is 13.0 Å². The molecule has 0 saturated heterocycles. The molecule has 0 aromatic carbocycles. The lowest BCUT2D eigenvalue weighted by Gasteiger charge is -2.30. The summed E-state index contributed by atoms with van der Waals surface area (Å²) < 4.78 is 0. The van der Waals surface area contributed by atoms with E-state index in [9.17, 15) is 0 Å². The van der Waals surface area contributed by atoms with Crippen LogP contribution < -0.4 is 0 Å². The zero-order valence-electron chi connectivity index (χ0n) is 13.4. The molecule has 4 nitrogen and oxygen atoms in total. The monoisotopic (exact) mass is 280 g/mol. The summed E-state index contributed by atoms with van der Waals surface area (Å²) in [5, 5.41) is 0. The fourth-order valence-electron chi connectivity index (χ4n) is 3.01. The second-order valence-corrected chi connectivity index (χ2v) is 6.39. The van der Waals surface area contributed by atoms with Crippen molar-refractivity contribution >= 4 is 0 Å². The summed E-state index contributed by atoms with van der Waals surface area (Å²) in [5.41, 5.74) is 0. The van der Waals surface area contributed by atoms with E-state index >= 15 is 0 Å². The van der Waals surface area contributed by atoms with Gasteiger partial charge in [0.25, 0.3) is 0 Å². The smallest absolute Gasteiger partial charge is 0.0164 e. The highest BCUT2D eigenvalue weighted by atomic mass is 15.2. The number of nitrogens with zero attached hydrogens (tertiary/aromatic N) is 4. The Labute approximate surface area is 125 Å². The van der Waals surface area contributed by atoms with E-state index in [0.29, 0.717) is 0 Å². The molecule has 0 N–H and O–H groups in total. The van der Waals surface area contributed by atoms with E-state index in [1.807, 2.05) is 0 Å². The number of hydrogen-bond acceptors (Lipinski definition) is 4. The number of likely N-dealkylation sites (N-methyl/N-ethyl adjacent to an activating group) is 2. The average Bonchev–Trinajstić information content (AvgIpc) is 2.42. The molecule has 2 bridgehead atoms. The van der Waals surface area contributed by atoms with Crippen LogP contribution in [0.1, 0.15) is 12.8 Å². The van der Waals surface area contributed by atoms with Crippen LogP contribution in [0, 0.1) is 0 Å². The van der Waals surface area contributed by atoms with Gasteiger partial charge in [-0.1, -0.05) is 12.2 Å². The van der Waals surface area contributed by atoms with Crippen LogP contribution in [0.15, 0.2) is 12.2 Å². The Morgan fingerprint density at radius 2 is 1.00 bits per heavy atom. The van der Waals surface area contributed by atoms with Gasteiger partial charge in [-0.2, -0.15) is 0 Å². The van der Waals surface area contributed by atoms with Gasteiger partial charge in [0, 0.05) is 39.3 Å². The summed E-state index contributed by atoms with van der Waals surface area (Å²) in [6, 6.07) is 0. The third-order valence-electron chi connectivity index (χ3n) is 4.52. The zero-order valence-corrected chi connectivity index (χ0v) is 13.4. The van der Waals surface area contributed by atoms with Crippen LogP contribution in [0.2, 0.25) is 0 Å². The molecule has 2 aliphatic heterocycles. The molecular formula is C16H32N4. The van der Waals surface area contributed by atoms with Crippen molar-refractivity contribution in [3.8, 4) is 0 Å². The maximum Gasteiger partial charge on any atom is 0.0164 e. The molecule has 0 aromatic heterocycles. The van der Waals surface area contributed by atoms with E-state index in [1.54, 1.807) is 0 Å². The predicted octanol–water partition coefficient (Wildman–Crippen LogP) is 0.818. The molecule has 0 spiro atoms. The highest BCUT2D eigenvalue weighted by Gasteiger charge is 2.11. The van der Waals surface area contributed by atoms with Crippen LogP contribution in [0.4, 0.5) is 0 Å². The van der Waals surface area contributed by atoms with Crippen molar-refractivity contribution in [3.63, 3.8) is 0 Å². The molecule has 2 rings (SSSR count). The van der Waals surface area contributed by atoms with Crippen molar-refractivity contribution in [3.05, 3.63) is 12.2 Å². The summed E-state index contributed by atoms with van der Waals surface area (Å²) >= 11 is 0. The third kappa shape index (κ3) is 5.92. The van der Waals surface area contributed by atoms with Crippen molar-refractivity contribution in [2.75, 3.05) is 79.5 Å². The Bertz CT molecular complexity index is 264. The molecule has 2 aliphatic rings. The summed E-state index contributed by atoms with van der Waals surface area (Å²) in [4.78, 5) is 10.2. The first-order valence-corrected chi connectivity index (χ1v) is 8.21. The molecule has 116 valence electrons. The van der Waals surface area contributed by atoms with E-state index in [0.717, 1.165) is 13.1 Å². The predicted molar refractivity (Wildman–Crippen MR) is 86.2 cm³/mol. The maximum absolute atomic E-state index is 2.61. The summed E-state index contributed by atoms with van der Waals surface area (Å²) in [7, 11) is 4.54. The number of rotatable bonds is 0. The minimum absolute atomic E-state index is 1.12. The van der Waals surface area contributed by atoms with Crippen LogP contribution >= 0.6 is 0 Å².